The van der Waals surface area contributed by atoms with E-state index in [0.717, 1.165) is 6.07 Å². The molecule has 0 N–H and O–H groups in total. The van der Waals surface area contributed by atoms with Crippen LogP contribution in [0.4, 0.5) is 11.4 Å². The highest BCUT2D eigenvalue weighted by molar-refractivity contribution is 5.63. The average molecular weight is 208 g/mol. The molecular formula is C9H8N2O4. The van der Waals surface area contributed by atoms with Crippen LogP contribution in [-0.4, -0.2) is 9.85 Å². The zero-order valence-electron chi connectivity index (χ0n) is 7.97. The second-order valence-corrected chi connectivity index (χ2v) is 2.90. The summed E-state index contributed by atoms with van der Waals surface area (Å²) >= 11 is 0. The fraction of sp³-hybridized carbons (Fsp3) is 0.111. The second-order valence-electron chi connectivity index (χ2n) is 2.90. The van der Waals surface area contributed by atoms with Crippen LogP contribution >= 0.6 is 0 Å². The van der Waals surface area contributed by atoms with Gasteiger partial charge in [0, 0.05) is 11.6 Å². The van der Waals surface area contributed by atoms with Gasteiger partial charge in [-0.2, -0.15) is 0 Å². The summed E-state index contributed by atoms with van der Waals surface area (Å²) in [4.78, 5) is 19.8. The monoisotopic (exact) mass is 208 g/mol. The van der Waals surface area contributed by atoms with Gasteiger partial charge in [0.15, 0.2) is 0 Å². The summed E-state index contributed by atoms with van der Waals surface area (Å²) in [5.41, 5.74) is 0.206. The molecule has 0 aromatic heterocycles. The quantitative estimate of drug-likeness (QED) is 0.563. The molecule has 0 aliphatic heterocycles. The first-order chi connectivity index (χ1) is 6.97. The molecule has 0 saturated carbocycles. The molecule has 0 saturated heterocycles. The van der Waals surface area contributed by atoms with Crippen molar-refractivity contribution in [2.45, 2.75) is 6.92 Å². The predicted molar refractivity (Wildman–Crippen MR) is 54.6 cm³/mol. The molecule has 0 atom stereocenters. The summed E-state index contributed by atoms with van der Waals surface area (Å²) < 4.78 is 0. The molecule has 15 heavy (non-hydrogen) atoms. The van der Waals surface area contributed by atoms with Gasteiger partial charge in [-0.1, -0.05) is 12.7 Å². The number of nitro benzene ring substituents is 2. The lowest BCUT2D eigenvalue weighted by atomic mass is 10.1. The molecule has 0 heterocycles. The van der Waals surface area contributed by atoms with Crippen LogP contribution in [0.2, 0.25) is 0 Å². The number of nitrogens with zero attached hydrogens (tertiary/aromatic N) is 2. The van der Waals surface area contributed by atoms with Crippen molar-refractivity contribution in [2.75, 3.05) is 0 Å². The minimum atomic E-state index is -0.667. The van der Waals surface area contributed by atoms with Gasteiger partial charge in [0.2, 0.25) is 0 Å². The Morgan fingerprint density at radius 3 is 2.27 bits per heavy atom. The molecule has 0 unspecified atom stereocenters. The van der Waals surface area contributed by atoms with Gasteiger partial charge in [-0.25, -0.2) is 0 Å². The van der Waals surface area contributed by atoms with Crippen molar-refractivity contribution in [3.8, 4) is 0 Å². The van der Waals surface area contributed by atoms with Gasteiger partial charge in [0.05, 0.1) is 15.9 Å². The zero-order valence-corrected chi connectivity index (χ0v) is 7.97. The molecule has 1 rings (SSSR count). The van der Waals surface area contributed by atoms with Gasteiger partial charge in [-0.15, -0.1) is 0 Å². The molecule has 6 nitrogen and oxygen atoms in total. The number of rotatable bonds is 3. The first kappa shape index (κ1) is 10.8. The molecule has 0 bridgehead atoms. The van der Waals surface area contributed by atoms with Crippen molar-refractivity contribution >= 4 is 17.5 Å². The van der Waals surface area contributed by atoms with E-state index in [4.69, 9.17) is 0 Å². The number of non-ortho nitro benzene ring substituents is 1. The van der Waals surface area contributed by atoms with E-state index in [1.54, 1.807) is 0 Å². The lowest BCUT2D eigenvalue weighted by Crippen LogP contribution is -1.97. The van der Waals surface area contributed by atoms with Crippen LogP contribution in [0.5, 0.6) is 0 Å². The van der Waals surface area contributed by atoms with E-state index in [-0.39, 0.29) is 11.4 Å². The summed E-state index contributed by atoms with van der Waals surface area (Å²) in [6.07, 6.45) is 1.36. The van der Waals surface area contributed by atoms with Crippen molar-refractivity contribution in [1.82, 2.24) is 0 Å². The maximum atomic E-state index is 10.6. The molecule has 0 fully saturated rings. The Kier molecular flexibility index (Phi) is 2.80. The lowest BCUT2D eigenvalue weighted by molar-refractivity contribution is -0.394. The van der Waals surface area contributed by atoms with E-state index in [2.05, 4.69) is 6.58 Å². The molecule has 6 heteroatoms. The number of benzene rings is 1. The van der Waals surface area contributed by atoms with Crippen molar-refractivity contribution < 1.29 is 9.85 Å². The van der Waals surface area contributed by atoms with E-state index in [1.165, 1.54) is 19.1 Å². The van der Waals surface area contributed by atoms with Gasteiger partial charge in [-0.05, 0) is 12.5 Å². The zero-order chi connectivity index (χ0) is 11.6. The van der Waals surface area contributed by atoms with Crippen LogP contribution in [0.15, 0.2) is 18.7 Å². The van der Waals surface area contributed by atoms with Crippen molar-refractivity contribution in [3.05, 3.63) is 50.1 Å². The fourth-order valence-electron chi connectivity index (χ4n) is 1.21. The summed E-state index contributed by atoms with van der Waals surface area (Å²) in [6.45, 7) is 4.97. The third-order valence-corrected chi connectivity index (χ3v) is 2.03. The molecule has 78 valence electrons. The molecule has 0 spiro atoms. The lowest BCUT2D eigenvalue weighted by Gasteiger charge is -2.01. The molecule has 1 aromatic carbocycles. The van der Waals surface area contributed by atoms with Crippen LogP contribution in [0, 0.1) is 27.2 Å². The van der Waals surface area contributed by atoms with E-state index < -0.39 is 9.85 Å². The summed E-state index contributed by atoms with van der Waals surface area (Å²) in [5.74, 6) is 0. The summed E-state index contributed by atoms with van der Waals surface area (Å²) in [6, 6.07) is 2.21. The third-order valence-electron chi connectivity index (χ3n) is 2.03. The third kappa shape index (κ3) is 1.98. The largest absolute Gasteiger partial charge is 0.279 e. The first-order valence-corrected chi connectivity index (χ1v) is 4.03. The highest BCUT2D eigenvalue weighted by Gasteiger charge is 2.19. The van der Waals surface area contributed by atoms with Crippen LogP contribution in [0.1, 0.15) is 11.1 Å². The normalized spacial score (nSPS) is 9.67. The topological polar surface area (TPSA) is 86.3 Å². The van der Waals surface area contributed by atoms with E-state index in [1.807, 2.05) is 0 Å². The highest BCUT2D eigenvalue weighted by atomic mass is 16.6. The maximum Gasteiger partial charge on any atom is 0.279 e. The van der Waals surface area contributed by atoms with E-state index >= 15 is 0 Å². The Balaban J connectivity index is 3.51. The standard InChI is InChI=1S/C9H8N2O4/c1-3-7-4-8(10(12)13)5-9(6(7)2)11(14)15/h3-5H,1H2,2H3. The molecule has 0 amide bonds. The SMILES string of the molecule is C=Cc1cc([N+](=O)[O-])cc([N+](=O)[O-])c1C. The fourth-order valence-corrected chi connectivity index (χ4v) is 1.21. The molecule has 0 aliphatic carbocycles. The predicted octanol–water partition coefficient (Wildman–Crippen LogP) is 2.45. The van der Waals surface area contributed by atoms with Crippen molar-refractivity contribution in [3.63, 3.8) is 0 Å². The summed E-state index contributed by atoms with van der Waals surface area (Å²) in [7, 11) is 0. The minimum Gasteiger partial charge on any atom is -0.258 e. The van der Waals surface area contributed by atoms with E-state index in [9.17, 15) is 20.2 Å². The van der Waals surface area contributed by atoms with Crippen molar-refractivity contribution in [1.29, 1.82) is 0 Å². The Morgan fingerprint density at radius 1 is 1.27 bits per heavy atom. The number of nitro groups is 2. The first-order valence-electron chi connectivity index (χ1n) is 4.03. The van der Waals surface area contributed by atoms with Gasteiger partial charge in [0.1, 0.15) is 0 Å². The highest BCUT2D eigenvalue weighted by Crippen LogP contribution is 2.28. The second kappa shape index (κ2) is 3.87. The van der Waals surface area contributed by atoms with Gasteiger partial charge in [-0.3, -0.25) is 20.2 Å². The maximum absolute atomic E-state index is 10.6. The van der Waals surface area contributed by atoms with Crippen LogP contribution in [0.25, 0.3) is 6.08 Å². The summed E-state index contributed by atoms with van der Waals surface area (Å²) in [5, 5.41) is 21.1. The van der Waals surface area contributed by atoms with Crippen LogP contribution in [-0.2, 0) is 0 Å². The van der Waals surface area contributed by atoms with Gasteiger partial charge >= 0.3 is 0 Å². The van der Waals surface area contributed by atoms with E-state index in [0.29, 0.717) is 11.1 Å². The van der Waals surface area contributed by atoms with Gasteiger partial charge < -0.3 is 0 Å². The number of hydrogen-bond donors (Lipinski definition) is 0. The minimum absolute atomic E-state index is 0.265. The molecule has 0 aliphatic rings. The Labute approximate surface area is 85.1 Å². The Hall–Kier alpha value is -2.24. The molecular weight excluding hydrogens is 200 g/mol. The molecule has 1 aromatic rings. The van der Waals surface area contributed by atoms with Crippen molar-refractivity contribution in [2.24, 2.45) is 0 Å². The molecule has 0 radical (unpaired) electrons. The average Bonchev–Trinajstić information content (AvgIpc) is 2.17. The smallest absolute Gasteiger partial charge is 0.258 e. The Bertz CT molecular complexity index is 454. The number of hydrogen-bond acceptors (Lipinski definition) is 4. The Morgan fingerprint density at radius 2 is 1.87 bits per heavy atom. The van der Waals surface area contributed by atoms with Crippen LogP contribution in [0.3, 0.4) is 0 Å². The van der Waals surface area contributed by atoms with Crippen LogP contribution < -0.4 is 0 Å². The van der Waals surface area contributed by atoms with Gasteiger partial charge in [0.25, 0.3) is 11.4 Å².